The molecule has 150 heavy (non-hydrogen) atoms. The van der Waals surface area contributed by atoms with E-state index in [-0.39, 0.29) is 5.41 Å². The quantitative estimate of drug-likeness (QED) is 0.122. The van der Waals surface area contributed by atoms with Crippen LogP contribution in [-0.2, 0) is 21.7 Å². The predicted molar refractivity (Wildman–Crippen MR) is 620 cm³/mol. The van der Waals surface area contributed by atoms with Crippen LogP contribution >= 0.6 is 11.3 Å². The largest absolute Gasteiger partial charge is 0.454 e. The number of anilines is 3. The number of para-hydroxylation sites is 3. The molecule has 28 aromatic rings. The SMILES string of the molecule is CC1(C)c2ccccc2-c2ccc(N(c3ccccc3)c3ccc(-n4c5cc6c(cc5c5ncccc54)C(c4ccccc4)(c4ccccc4)c4ccccc4-6)cc3)cc21.c1ccc(C2(c3ccccc3)c3ccccc3-c3cc4c(cc32)c2ncccc2n4-c2cccc3c2oc2ccccc23)cc1.c1ccc(C2(c3ccccc3)c3ccccc3-c3cc4c(cc32)c2ncccc2n4-c2cccc3c2sc2ccccc23)cc1. The zero-order valence-corrected chi connectivity index (χ0v) is 83.0. The summed E-state index contributed by atoms with van der Waals surface area (Å²) < 4.78 is 16.4. The molecule has 8 aromatic heterocycles. The van der Waals surface area contributed by atoms with Crippen molar-refractivity contribution >= 4 is 136 Å². The topological polar surface area (TPSA) is 69.8 Å². The molecule has 20 aromatic carbocycles. The number of fused-ring (bicyclic) bond motifs is 27. The zero-order valence-electron chi connectivity index (χ0n) is 82.2. The summed E-state index contributed by atoms with van der Waals surface area (Å²) in [7, 11) is 0. The number of hydrogen-bond donors (Lipinski definition) is 0. The molecule has 704 valence electrons. The Morgan fingerprint density at radius 2 is 0.573 bits per heavy atom. The molecule has 4 aliphatic carbocycles. The zero-order chi connectivity index (χ0) is 99.1. The van der Waals surface area contributed by atoms with Gasteiger partial charge in [-0.2, -0.15) is 0 Å². The highest BCUT2D eigenvalue weighted by atomic mass is 32.1. The first-order valence-corrected chi connectivity index (χ1v) is 52.5. The van der Waals surface area contributed by atoms with Crippen LogP contribution in [0.15, 0.2) is 533 Å². The van der Waals surface area contributed by atoms with Gasteiger partial charge in [0.2, 0.25) is 0 Å². The molecule has 0 bridgehead atoms. The van der Waals surface area contributed by atoms with Gasteiger partial charge >= 0.3 is 0 Å². The van der Waals surface area contributed by atoms with Gasteiger partial charge in [-0.1, -0.05) is 378 Å². The molecule has 8 heterocycles. The standard InChI is InChI=1S/C57H41N3.C42H26N2O.C42H26N2S/c1-56(2)49-25-14-12-23-44(49)46-33-32-43(35-51(46)56)59(40-21-10-5-11-22-40)41-28-30-42(31-29-41)60-53-27-16-34-58-55(53)48-36-52-47(37-54(48)60)45-24-13-15-26-50(45)57(52,38-17-6-3-7-18-38)39-19-8-4-9-20-39;2*1-3-13-27(14-4-1)42(28-15-5-2-6-16-28)34-20-9-7-17-29(34)32-26-38-33(25-35(32)42)40-36(22-12-24-43-40)44(38)37-21-11-19-31-30-18-8-10-23-39(30)45-41(31)37/h3-37H,1-2H3;2*1-26H. The van der Waals surface area contributed by atoms with Crippen LogP contribution in [0.4, 0.5) is 17.1 Å². The third kappa shape index (κ3) is 12.5. The fourth-order valence-corrected chi connectivity index (χ4v) is 27.7. The Hall–Kier alpha value is -18.9. The van der Waals surface area contributed by atoms with E-state index in [2.05, 4.69) is 524 Å². The molecule has 32 rings (SSSR count). The average molecular weight is 1930 g/mol. The molecule has 0 saturated heterocycles. The van der Waals surface area contributed by atoms with Crippen LogP contribution in [0.5, 0.6) is 0 Å². The molecule has 0 saturated carbocycles. The summed E-state index contributed by atoms with van der Waals surface area (Å²) in [6, 6.07) is 186. The first-order valence-electron chi connectivity index (χ1n) is 51.7. The molecule has 4 aliphatic rings. The van der Waals surface area contributed by atoms with Gasteiger partial charge in [0.05, 0.1) is 82.0 Å². The highest BCUT2D eigenvalue weighted by Crippen LogP contribution is 2.63. The molecule has 8 nitrogen and oxygen atoms in total. The van der Waals surface area contributed by atoms with E-state index in [4.69, 9.17) is 19.4 Å². The molecule has 0 amide bonds. The third-order valence-corrected chi connectivity index (χ3v) is 34.0. The Balaban J connectivity index is 0.000000105. The number of hydrogen-bond acceptors (Lipinski definition) is 6. The second kappa shape index (κ2) is 33.8. The number of thiophene rings is 1. The Bertz CT molecular complexity index is 9830. The lowest BCUT2D eigenvalue weighted by Gasteiger charge is -2.33. The number of rotatable bonds is 12. The lowest BCUT2D eigenvalue weighted by molar-refractivity contribution is 0.660. The second-order valence-corrected chi connectivity index (χ2v) is 41.6. The highest BCUT2D eigenvalue weighted by Gasteiger charge is 2.51. The summed E-state index contributed by atoms with van der Waals surface area (Å²) in [5.41, 5.74) is 45.0. The summed E-state index contributed by atoms with van der Waals surface area (Å²) in [5, 5.41) is 8.28. The van der Waals surface area contributed by atoms with Crippen molar-refractivity contribution in [3.05, 3.63) is 606 Å². The molecular formula is C141H93N7OS. The van der Waals surface area contributed by atoms with Crippen molar-refractivity contribution in [2.45, 2.75) is 35.5 Å². The van der Waals surface area contributed by atoms with Gasteiger partial charge in [0.1, 0.15) is 5.58 Å². The molecule has 0 radical (unpaired) electrons. The lowest BCUT2D eigenvalue weighted by Crippen LogP contribution is -2.28. The Labute approximate surface area is 871 Å². The van der Waals surface area contributed by atoms with Crippen molar-refractivity contribution in [1.82, 2.24) is 28.7 Å². The van der Waals surface area contributed by atoms with E-state index in [1.165, 1.54) is 159 Å². The molecule has 0 spiro atoms. The van der Waals surface area contributed by atoms with Gasteiger partial charge in [-0.15, -0.1) is 11.3 Å². The van der Waals surface area contributed by atoms with Gasteiger partial charge in [-0.25, -0.2) is 0 Å². The van der Waals surface area contributed by atoms with Crippen LogP contribution < -0.4 is 4.90 Å². The minimum absolute atomic E-state index is 0.0960. The molecular weight excluding hydrogens is 1840 g/mol. The van der Waals surface area contributed by atoms with Crippen molar-refractivity contribution in [2.75, 3.05) is 4.90 Å². The Morgan fingerprint density at radius 3 is 1.04 bits per heavy atom. The predicted octanol–water partition coefficient (Wildman–Crippen LogP) is 35.7. The van der Waals surface area contributed by atoms with E-state index in [1.54, 1.807) is 0 Å². The molecule has 0 unspecified atom stereocenters. The van der Waals surface area contributed by atoms with Gasteiger partial charge in [-0.3, -0.25) is 15.0 Å². The first kappa shape index (κ1) is 86.5. The van der Waals surface area contributed by atoms with Crippen molar-refractivity contribution in [2.24, 2.45) is 0 Å². The van der Waals surface area contributed by atoms with Crippen molar-refractivity contribution in [3.8, 4) is 61.6 Å². The van der Waals surface area contributed by atoms with Crippen LogP contribution in [0.2, 0.25) is 0 Å². The molecule has 0 aliphatic heterocycles. The van der Waals surface area contributed by atoms with E-state index >= 15 is 0 Å². The summed E-state index contributed by atoms with van der Waals surface area (Å²) in [6.07, 6.45) is 5.75. The van der Waals surface area contributed by atoms with Crippen LogP contribution in [0.25, 0.3) is 169 Å². The minimum Gasteiger partial charge on any atom is -0.454 e. The number of pyridine rings is 3. The van der Waals surface area contributed by atoms with Gasteiger partial charge in [-0.05, 0) is 268 Å². The third-order valence-electron chi connectivity index (χ3n) is 32.7. The van der Waals surface area contributed by atoms with Gasteiger partial charge < -0.3 is 23.0 Å². The first-order chi connectivity index (χ1) is 74.2. The second-order valence-electron chi connectivity index (χ2n) is 40.5. The smallest absolute Gasteiger partial charge is 0.159 e. The van der Waals surface area contributed by atoms with Crippen LogP contribution in [0, 0.1) is 0 Å². The molecule has 0 fully saturated rings. The van der Waals surface area contributed by atoms with Gasteiger partial charge in [0.15, 0.2) is 5.58 Å². The summed E-state index contributed by atoms with van der Waals surface area (Å²) in [4.78, 5) is 17.5. The molecule has 0 atom stereocenters. The number of benzene rings is 20. The van der Waals surface area contributed by atoms with Crippen molar-refractivity contribution < 1.29 is 4.42 Å². The van der Waals surface area contributed by atoms with Crippen LogP contribution in [0.1, 0.15) is 91.7 Å². The lowest BCUT2D eigenvalue weighted by atomic mass is 9.67. The van der Waals surface area contributed by atoms with Gasteiger partial charge in [0.25, 0.3) is 0 Å². The van der Waals surface area contributed by atoms with E-state index in [0.29, 0.717) is 0 Å². The number of nitrogens with zero attached hydrogens (tertiary/aromatic N) is 7. The summed E-state index contributed by atoms with van der Waals surface area (Å²) in [6.45, 7) is 4.70. The fourth-order valence-electron chi connectivity index (χ4n) is 26.5. The van der Waals surface area contributed by atoms with E-state index in [0.717, 1.165) is 105 Å². The van der Waals surface area contributed by atoms with Gasteiger partial charge in [0, 0.05) is 89.2 Å². The number of aromatic nitrogens is 6. The highest BCUT2D eigenvalue weighted by molar-refractivity contribution is 7.26. The van der Waals surface area contributed by atoms with Crippen LogP contribution in [-0.4, -0.2) is 28.7 Å². The summed E-state index contributed by atoms with van der Waals surface area (Å²) in [5.74, 6) is 0. The van der Waals surface area contributed by atoms with E-state index in [9.17, 15) is 0 Å². The normalized spacial score (nSPS) is 13.7. The van der Waals surface area contributed by atoms with Crippen LogP contribution in [0.3, 0.4) is 0 Å². The molecule has 0 N–H and O–H groups in total. The fraction of sp³-hybridized carbons (Fsp3) is 0.0426. The number of furan rings is 1. The maximum absolute atomic E-state index is 6.56. The molecule has 9 heteroatoms. The van der Waals surface area contributed by atoms with Crippen molar-refractivity contribution in [3.63, 3.8) is 0 Å². The Kier molecular flexibility index (Phi) is 19.5. The average Bonchev–Trinajstić information content (AvgIpc) is 1.54. The maximum atomic E-state index is 6.56. The monoisotopic (exact) mass is 1930 g/mol. The Morgan fingerprint density at radius 1 is 0.227 bits per heavy atom. The summed E-state index contributed by atoms with van der Waals surface area (Å²) >= 11 is 1.87. The maximum Gasteiger partial charge on any atom is 0.159 e. The van der Waals surface area contributed by atoms with E-state index < -0.39 is 16.2 Å². The van der Waals surface area contributed by atoms with E-state index in [1.807, 2.05) is 48.1 Å². The minimum atomic E-state index is -0.482. The van der Waals surface area contributed by atoms with Crippen molar-refractivity contribution in [1.29, 1.82) is 0 Å².